The number of aromatic nitrogens is 2. The fraction of sp³-hybridized carbons (Fsp3) is 0.526. The topological polar surface area (TPSA) is 69.0 Å². The summed E-state index contributed by atoms with van der Waals surface area (Å²) >= 11 is 0. The summed E-state index contributed by atoms with van der Waals surface area (Å²) in [6.07, 6.45) is 4.49. The van der Waals surface area contributed by atoms with Gasteiger partial charge in [0, 0.05) is 32.0 Å². The van der Waals surface area contributed by atoms with Gasteiger partial charge in [-0.3, -0.25) is 9.58 Å². The van der Waals surface area contributed by atoms with E-state index in [0.29, 0.717) is 18.1 Å². The number of rotatable bonds is 8. The van der Waals surface area contributed by atoms with Crippen molar-refractivity contribution in [3.8, 4) is 11.5 Å². The standard InChI is InChI=1S/C19H27N3O4/c1-24-16-6-5-15(13-17(16)25-2)19-18(14-23)26-12-11-21(19)8-4-10-22-9-3-7-20-22/h3,5-7,9,13,18-19,23H,4,8,10-12,14H2,1-2H3/t18-,19-/m1/s1. The fourth-order valence-corrected chi connectivity index (χ4v) is 3.52. The van der Waals surface area contributed by atoms with Gasteiger partial charge in [-0.05, 0) is 30.2 Å². The second-order valence-corrected chi connectivity index (χ2v) is 6.31. The van der Waals surface area contributed by atoms with Crippen LogP contribution < -0.4 is 9.47 Å². The Labute approximate surface area is 154 Å². The average molecular weight is 361 g/mol. The van der Waals surface area contributed by atoms with E-state index in [1.807, 2.05) is 35.1 Å². The minimum Gasteiger partial charge on any atom is -0.493 e. The summed E-state index contributed by atoms with van der Waals surface area (Å²) in [6.45, 7) is 3.20. The summed E-state index contributed by atoms with van der Waals surface area (Å²) in [5.74, 6) is 1.38. The predicted molar refractivity (Wildman–Crippen MR) is 97.5 cm³/mol. The molecule has 1 aromatic heterocycles. The van der Waals surface area contributed by atoms with Crippen LogP contribution in [0.2, 0.25) is 0 Å². The molecule has 1 fully saturated rings. The van der Waals surface area contributed by atoms with Gasteiger partial charge in [-0.15, -0.1) is 0 Å². The van der Waals surface area contributed by atoms with Gasteiger partial charge in [0.05, 0.1) is 33.5 Å². The van der Waals surface area contributed by atoms with Crippen LogP contribution in [-0.4, -0.2) is 66.4 Å². The maximum atomic E-state index is 9.82. The Balaban J connectivity index is 1.76. The maximum absolute atomic E-state index is 9.82. The number of morpholine rings is 1. The highest BCUT2D eigenvalue weighted by molar-refractivity contribution is 5.44. The number of ether oxygens (including phenoxy) is 3. The van der Waals surface area contributed by atoms with Crippen molar-refractivity contribution in [2.24, 2.45) is 0 Å². The summed E-state index contributed by atoms with van der Waals surface area (Å²) < 4.78 is 18.5. The van der Waals surface area contributed by atoms with E-state index < -0.39 is 0 Å². The highest BCUT2D eigenvalue weighted by atomic mass is 16.5. The van der Waals surface area contributed by atoms with Crippen molar-refractivity contribution in [3.05, 3.63) is 42.2 Å². The quantitative estimate of drug-likeness (QED) is 0.772. The third-order valence-corrected chi connectivity index (χ3v) is 4.78. The number of hydrogen-bond donors (Lipinski definition) is 1. The van der Waals surface area contributed by atoms with Crippen molar-refractivity contribution in [1.82, 2.24) is 14.7 Å². The zero-order valence-corrected chi connectivity index (χ0v) is 15.4. The summed E-state index contributed by atoms with van der Waals surface area (Å²) in [6, 6.07) is 7.80. The molecule has 3 rings (SSSR count). The van der Waals surface area contributed by atoms with Crippen LogP contribution >= 0.6 is 0 Å². The molecule has 1 aliphatic rings. The first-order valence-electron chi connectivity index (χ1n) is 8.92. The van der Waals surface area contributed by atoms with E-state index in [1.165, 1.54) is 0 Å². The van der Waals surface area contributed by atoms with Crippen LogP contribution in [0.5, 0.6) is 11.5 Å². The maximum Gasteiger partial charge on any atom is 0.161 e. The highest BCUT2D eigenvalue weighted by Gasteiger charge is 2.33. The highest BCUT2D eigenvalue weighted by Crippen LogP contribution is 2.35. The summed E-state index contributed by atoms with van der Waals surface area (Å²) in [7, 11) is 3.25. The average Bonchev–Trinajstić information content (AvgIpc) is 3.20. The normalized spacial score (nSPS) is 20.9. The van der Waals surface area contributed by atoms with Crippen molar-refractivity contribution in [2.75, 3.05) is 40.5 Å². The Morgan fingerprint density at radius 2 is 2.08 bits per heavy atom. The molecule has 2 atom stereocenters. The number of aliphatic hydroxyl groups excluding tert-OH is 1. The van der Waals surface area contributed by atoms with E-state index in [2.05, 4.69) is 10.00 Å². The molecule has 1 N–H and O–H groups in total. The van der Waals surface area contributed by atoms with Crippen LogP contribution in [0.3, 0.4) is 0 Å². The third-order valence-electron chi connectivity index (χ3n) is 4.78. The van der Waals surface area contributed by atoms with E-state index in [-0.39, 0.29) is 18.8 Å². The lowest BCUT2D eigenvalue weighted by Crippen LogP contribution is -2.47. The SMILES string of the molecule is COc1ccc([C@@H]2[C@@H](CO)OCCN2CCCn2cccn2)cc1OC. The molecule has 26 heavy (non-hydrogen) atoms. The van der Waals surface area contributed by atoms with Gasteiger partial charge in [-0.2, -0.15) is 5.10 Å². The smallest absolute Gasteiger partial charge is 0.161 e. The summed E-state index contributed by atoms with van der Waals surface area (Å²) in [5, 5.41) is 14.1. The Morgan fingerprint density at radius 3 is 2.77 bits per heavy atom. The zero-order valence-electron chi connectivity index (χ0n) is 15.4. The van der Waals surface area contributed by atoms with Gasteiger partial charge in [-0.1, -0.05) is 6.07 Å². The molecule has 0 bridgehead atoms. The van der Waals surface area contributed by atoms with Crippen molar-refractivity contribution in [1.29, 1.82) is 0 Å². The van der Waals surface area contributed by atoms with Crippen molar-refractivity contribution < 1.29 is 19.3 Å². The Bertz CT molecular complexity index is 677. The number of aryl methyl sites for hydroxylation is 1. The number of methoxy groups -OCH3 is 2. The molecule has 2 aromatic rings. The molecule has 1 saturated heterocycles. The zero-order chi connectivity index (χ0) is 18.4. The van der Waals surface area contributed by atoms with Crippen molar-refractivity contribution in [2.45, 2.75) is 25.1 Å². The minimum atomic E-state index is -0.258. The molecule has 2 heterocycles. The minimum absolute atomic E-state index is 0.0192. The summed E-state index contributed by atoms with van der Waals surface area (Å²) in [4.78, 5) is 2.37. The Hall–Kier alpha value is -2.09. The first kappa shape index (κ1) is 18.7. The molecule has 0 unspecified atom stereocenters. The van der Waals surface area contributed by atoms with Crippen LogP contribution in [0.4, 0.5) is 0 Å². The molecule has 0 radical (unpaired) electrons. The monoisotopic (exact) mass is 361 g/mol. The van der Waals surface area contributed by atoms with E-state index >= 15 is 0 Å². The fourth-order valence-electron chi connectivity index (χ4n) is 3.52. The molecular formula is C19H27N3O4. The van der Waals surface area contributed by atoms with Crippen LogP contribution in [0, 0.1) is 0 Å². The third kappa shape index (κ3) is 4.17. The molecule has 1 aliphatic heterocycles. The van der Waals surface area contributed by atoms with Gasteiger partial charge in [-0.25, -0.2) is 0 Å². The number of aliphatic hydroxyl groups is 1. The molecule has 7 nitrogen and oxygen atoms in total. The lowest BCUT2D eigenvalue weighted by atomic mass is 9.97. The van der Waals surface area contributed by atoms with Gasteiger partial charge in [0.1, 0.15) is 6.10 Å². The number of hydrogen-bond acceptors (Lipinski definition) is 6. The first-order chi connectivity index (χ1) is 12.8. The second kappa shape index (κ2) is 9.02. The van der Waals surface area contributed by atoms with E-state index in [4.69, 9.17) is 14.2 Å². The molecule has 0 spiro atoms. The van der Waals surface area contributed by atoms with Gasteiger partial charge in [0.25, 0.3) is 0 Å². The largest absolute Gasteiger partial charge is 0.493 e. The van der Waals surface area contributed by atoms with Crippen LogP contribution in [0.15, 0.2) is 36.7 Å². The van der Waals surface area contributed by atoms with E-state index in [9.17, 15) is 5.11 Å². The molecule has 142 valence electrons. The van der Waals surface area contributed by atoms with Gasteiger partial charge in [0.2, 0.25) is 0 Å². The van der Waals surface area contributed by atoms with Crippen LogP contribution in [-0.2, 0) is 11.3 Å². The first-order valence-corrected chi connectivity index (χ1v) is 8.92. The predicted octanol–water partition coefficient (Wildman–Crippen LogP) is 1.72. The molecule has 0 amide bonds. The summed E-state index contributed by atoms with van der Waals surface area (Å²) in [5.41, 5.74) is 1.06. The molecule has 1 aromatic carbocycles. The Kier molecular flexibility index (Phi) is 6.49. The second-order valence-electron chi connectivity index (χ2n) is 6.31. The van der Waals surface area contributed by atoms with Gasteiger partial charge >= 0.3 is 0 Å². The lowest BCUT2D eigenvalue weighted by Gasteiger charge is -2.41. The molecule has 7 heteroatoms. The number of benzene rings is 1. The van der Waals surface area contributed by atoms with Crippen LogP contribution in [0.25, 0.3) is 0 Å². The van der Waals surface area contributed by atoms with E-state index in [0.717, 1.165) is 31.6 Å². The molecular weight excluding hydrogens is 334 g/mol. The van der Waals surface area contributed by atoms with Crippen molar-refractivity contribution >= 4 is 0 Å². The van der Waals surface area contributed by atoms with Crippen molar-refractivity contribution in [3.63, 3.8) is 0 Å². The lowest BCUT2D eigenvalue weighted by molar-refractivity contribution is -0.0935. The van der Waals surface area contributed by atoms with Gasteiger partial charge in [0.15, 0.2) is 11.5 Å². The van der Waals surface area contributed by atoms with E-state index in [1.54, 1.807) is 20.4 Å². The Morgan fingerprint density at radius 1 is 1.23 bits per heavy atom. The number of nitrogens with zero attached hydrogens (tertiary/aromatic N) is 3. The molecule has 0 saturated carbocycles. The van der Waals surface area contributed by atoms with Gasteiger partial charge < -0.3 is 19.3 Å². The molecule has 0 aliphatic carbocycles. The van der Waals surface area contributed by atoms with Crippen LogP contribution in [0.1, 0.15) is 18.0 Å².